The van der Waals surface area contributed by atoms with Gasteiger partial charge in [-0.05, 0) is 11.6 Å². The van der Waals surface area contributed by atoms with Crippen molar-refractivity contribution in [2.75, 3.05) is 0 Å². The van der Waals surface area contributed by atoms with Crippen molar-refractivity contribution in [3.05, 3.63) is 47.3 Å². The number of carbonyl (C=O) groups is 1. The minimum Gasteiger partial charge on any atom is -0.504 e. The van der Waals surface area contributed by atoms with Crippen LogP contribution >= 0.6 is 0 Å². The standard InChI is InChI=1S/C12H9F3N2O3/c13-12(14,15)8-4-2-1-3-7(8)6-17-10(11(19)20)9(18)5-16-17/h1-5,18H,6H2,(H,19,20). The van der Waals surface area contributed by atoms with E-state index >= 15 is 0 Å². The van der Waals surface area contributed by atoms with Gasteiger partial charge in [-0.1, -0.05) is 18.2 Å². The Kier molecular flexibility index (Phi) is 3.39. The second kappa shape index (κ2) is 4.87. The first-order valence-corrected chi connectivity index (χ1v) is 5.44. The lowest BCUT2D eigenvalue weighted by Gasteiger charge is -2.13. The van der Waals surface area contributed by atoms with Crippen LogP contribution in [0.15, 0.2) is 30.5 Å². The zero-order valence-electron chi connectivity index (χ0n) is 9.92. The molecule has 0 amide bonds. The van der Waals surface area contributed by atoms with E-state index in [0.29, 0.717) is 0 Å². The molecule has 0 atom stereocenters. The molecule has 5 nitrogen and oxygen atoms in total. The molecule has 0 fully saturated rings. The molecule has 0 aliphatic rings. The van der Waals surface area contributed by atoms with Gasteiger partial charge in [-0.25, -0.2) is 4.79 Å². The van der Waals surface area contributed by atoms with Gasteiger partial charge in [0.15, 0.2) is 11.4 Å². The molecular formula is C12H9F3N2O3. The number of aromatic nitrogens is 2. The molecule has 2 aromatic rings. The van der Waals surface area contributed by atoms with E-state index in [1.165, 1.54) is 18.2 Å². The SMILES string of the molecule is O=C(O)c1c(O)cnn1Cc1ccccc1C(F)(F)F. The number of hydrogen-bond donors (Lipinski definition) is 2. The lowest BCUT2D eigenvalue weighted by Crippen LogP contribution is -2.15. The van der Waals surface area contributed by atoms with Gasteiger partial charge < -0.3 is 10.2 Å². The van der Waals surface area contributed by atoms with Gasteiger partial charge in [-0.15, -0.1) is 0 Å². The molecule has 0 aliphatic carbocycles. The second-order valence-corrected chi connectivity index (χ2v) is 4.00. The quantitative estimate of drug-likeness (QED) is 0.908. The number of aromatic carboxylic acids is 1. The van der Waals surface area contributed by atoms with Crippen LogP contribution in [0.25, 0.3) is 0 Å². The van der Waals surface area contributed by atoms with Crippen LogP contribution in [0.3, 0.4) is 0 Å². The van der Waals surface area contributed by atoms with Gasteiger partial charge in [0, 0.05) is 0 Å². The van der Waals surface area contributed by atoms with Gasteiger partial charge in [0.25, 0.3) is 0 Å². The van der Waals surface area contributed by atoms with Crippen molar-refractivity contribution in [1.29, 1.82) is 0 Å². The van der Waals surface area contributed by atoms with E-state index < -0.39 is 35.7 Å². The number of rotatable bonds is 3. The third-order valence-corrected chi connectivity index (χ3v) is 2.67. The summed E-state index contributed by atoms with van der Waals surface area (Å²) < 4.78 is 39.3. The average molecular weight is 286 g/mol. The fraction of sp³-hybridized carbons (Fsp3) is 0.167. The Morgan fingerprint density at radius 2 is 1.95 bits per heavy atom. The number of aromatic hydroxyl groups is 1. The average Bonchev–Trinajstić information content (AvgIpc) is 2.70. The summed E-state index contributed by atoms with van der Waals surface area (Å²) in [5.74, 6) is -2.06. The molecule has 0 bridgehead atoms. The molecule has 0 unspecified atom stereocenters. The van der Waals surface area contributed by atoms with Crippen LogP contribution in [0.4, 0.5) is 13.2 Å². The molecule has 0 radical (unpaired) electrons. The minimum absolute atomic E-state index is 0.134. The van der Waals surface area contributed by atoms with E-state index in [4.69, 9.17) is 5.11 Å². The van der Waals surface area contributed by atoms with Crippen LogP contribution in [0, 0.1) is 0 Å². The van der Waals surface area contributed by atoms with E-state index in [1.807, 2.05) is 0 Å². The number of alkyl halides is 3. The zero-order chi connectivity index (χ0) is 14.9. The minimum atomic E-state index is -4.55. The van der Waals surface area contributed by atoms with E-state index in [9.17, 15) is 23.1 Å². The summed E-state index contributed by atoms with van der Waals surface area (Å²) in [5, 5.41) is 21.8. The number of nitrogens with zero attached hydrogens (tertiary/aromatic N) is 2. The molecule has 0 saturated carbocycles. The summed E-state index contributed by atoms with van der Waals surface area (Å²) in [6.45, 7) is -0.405. The van der Waals surface area contributed by atoms with Crippen LogP contribution in [-0.2, 0) is 12.7 Å². The Morgan fingerprint density at radius 3 is 2.55 bits per heavy atom. The van der Waals surface area contributed by atoms with Crippen molar-refractivity contribution >= 4 is 5.97 Å². The predicted molar refractivity (Wildman–Crippen MR) is 61.4 cm³/mol. The third kappa shape index (κ3) is 2.58. The molecule has 8 heteroatoms. The maximum absolute atomic E-state index is 12.8. The van der Waals surface area contributed by atoms with Crippen LogP contribution in [0.5, 0.6) is 5.75 Å². The van der Waals surface area contributed by atoms with Crippen molar-refractivity contribution in [2.45, 2.75) is 12.7 Å². The second-order valence-electron chi connectivity index (χ2n) is 4.00. The molecule has 20 heavy (non-hydrogen) atoms. The smallest absolute Gasteiger partial charge is 0.416 e. The topological polar surface area (TPSA) is 75.3 Å². The first kappa shape index (κ1) is 13.9. The van der Waals surface area contributed by atoms with Gasteiger partial charge >= 0.3 is 12.1 Å². The Morgan fingerprint density at radius 1 is 1.30 bits per heavy atom. The summed E-state index contributed by atoms with van der Waals surface area (Å²) in [6.07, 6.45) is -3.67. The molecule has 106 valence electrons. The van der Waals surface area contributed by atoms with Gasteiger partial charge in [-0.2, -0.15) is 18.3 Å². The molecule has 2 rings (SSSR count). The third-order valence-electron chi connectivity index (χ3n) is 2.67. The van der Waals surface area contributed by atoms with E-state index in [2.05, 4.69) is 5.10 Å². The van der Waals surface area contributed by atoms with E-state index in [0.717, 1.165) is 16.9 Å². The zero-order valence-corrected chi connectivity index (χ0v) is 9.92. The number of halogens is 3. The van der Waals surface area contributed by atoms with Crippen molar-refractivity contribution in [3.63, 3.8) is 0 Å². The van der Waals surface area contributed by atoms with Crippen molar-refractivity contribution in [2.24, 2.45) is 0 Å². The molecule has 0 aliphatic heterocycles. The van der Waals surface area contributed by atoms with Gasteiger partial charge in [-0.3, -0.25) is 4.68 Å². The largest absolute Gasteiger partial charge is 0.504 e. The van der Waals surface area contributed by atoms with E-state index in [1.54, 1.807) is 0 Å². The van der Waals surface area contributed by atoms with Crippen molar-refractivity contribution < 1.29 is 28.2 Å². The highest BCUT2D eigenvalue weighted by atomic mass is 19.4. The fourth-order valence-corrected chi connectivity index (χ4v) is 1.81. The molecule has 2 N–H and O–H groups in total. The van der Waals surface area contributed by atoms with E-state index in [-0.39, 0.29) is 5.56 Å². The van der Waals surface area contributed by atoms with Gasteiger partial charge in [0.1, 0.15) is 0 Å². The number of carboxylic acid groups (broad SMARTS) is 1. The van der Waals surface area contributed by atoms with Crippen molar-refractivity contribution in [1.82, 2.24) is 9.78 Å². The van der Waals surface area contributed by atoms with Crippen molar-refractivity contribution in [3.8, 4) is 5.75 Å². The summed E-state index contributed by atoms with van der Waals surface area (Å²) in [6, 6.07) is 4.78. The van der Waals surface area contributed by atoms with Crippen LogP contribution in [0.2, 0.25) is 0 Å². The molecule has 1 heterocycles. The first-order valence-electron chi connectivity index (χ1n) is 5.44. The molecule has 1 aromatic carbocycles. The maximum atomic E-state index is 12.8. The molecule has 0 saturated heterocycles. The number of carboxylic acids is 1. The Hall–Kier alpha value is -2.51. The highest BCUT2D eigenvalue weighted by Crippen LogP contribution is 2.32. The van der Waals surface area contributed by atoms with Crippen LogP contribution in [-0.4, -0.2) is 26.0 Å². The first-order chi connectivity index (χ1) is 9.30. The van der Waals surface area contributed by atoms with Gasteiger partial charge in [0.05, 0.1) is 18.3 Å². The maximum Gasteiger partial charge on any atom is 0.416 e. The Balaban J connectivity index is 2.44. The Labute approximate surface area is 110 Å². The summed E-state index contributed by atoms with van der Waals surface area (Å²) in [7, 11) is 0. The fourth-order valence-electron chi connectivity index (χ4n) is 1.81. The highest BCUT2D eigenvalue weighted by molar-refractivity contribution is 5.88. The number of benzene rings is 1. The molecule has 0 spiro atoms. The normalized spacial score (nSPS) is 11.6. The highest BCUT2D eigenvalue weighted by Gasteiger charge is 2.33. The predicted octanol–water partition coefficient (Wildman–Crippen LogP) is 2.35. The summed E-state index contributed by atoms with van der Waals surface area (Å²) >= 11 is 0. The Bertz CT molecular complexity index is 650. The lowest BCUT2D eigenvalue weighted by molar-refractivity contribution is -0.138. The monoisotopic (exact) mass is 286 g/mol. The van der Waals surface area contributed by atoms with Crippen LogP contribution in [0.1, 0.15) is 21.6 Å². The lowest BCUT2D eigenvalue weighted by atomic mass is 10.1. The molecule has 1 aromatic heterocycles. The number of hydrogen-bond acceptors (Lipinski definition) is 3. The summed E-state index contributed by atoms with van der Waals surface area (Å²) in [5.41, 5.74) is -1.56. The van der Waals surface area contributed by atoms with Crippen LogP contribution < -0.4 is 0 Å². The van der Waals surface area contributed by atoms with Gasteiger partial charge in [0.2, 0.25) is 0 Å². The molecular weight excluding hydrogens is 277 g/mol. The summed E-state index contributed by atoms with van der Waals surface area (Å²) in [4.78, 5) is 10.9.